The summed E-state index contributed by atoms with van der Waals surface area (Å²) in [6, 6.07) is 12.3. The minimum Gasteiger partial charge on any atom is -0.311 e. The molecule has 2 atom stereocenters. The third kappa shape index (κ3) is 4.94. The Bertz CT molecular complexity index is 835. The van der Waals surface area contributed by atoms with Gasteiger partial charge in [-0.05, 0) is 30.5 Å². The topological polar surface area (TPSA) is 48.5 Å². The second-order valence-electron chi connectivity index (χ2n) is 7.81. The molecule has 2 aliphatic rings. The van der Waals surface area contributed by atoms with Crippen LogP contribution in [0.4, 0.5) is 10.1 Å². The first kappa shape index (κ1) is 21.7. The molecule has 1 amide bonds. The van der Waals surface area contributed by atoms with Crippen molar-refractivity contribution in [3.8, 4) is 0 Å². The molecule has 0 bridgehead atoms. The first-order chi connectivity index (χ1) is 13.6. The highest BCUT2D eigenvalue weighted by atomic mass is 35.5. The summed E-state index contributed by atoms with van der Waals surface area (Å²) in [5.74, 6) is 0.0446. The maximum atomic E-state index is 13.4. The number of alkyl halides is 1. The fraction of sp³-hybridized carbons (Fsp3) is 0.455. The van der Waals surface area contributed by atoms with Gasteiger partial charge in [0.1, 0.15) is 6.67 Å². The van der Waals surface area contributed by atoms with Crippen LogP contribution in [0.25, 0.3) is 0 Å². The van der Waals surface area contributed by atoms with Gasteiger partial charge in [-0.15, -0.1) is 12.4 Å². The molecule has 7 heteroatoms. The first-order valence-electron chi connectivity index (χ1n) is 9.99. The predicted molar refractivity (Wildman–Crippen MR) is 116 cm³/mol. The fourth-order valence-corrected chi connectivity index (χ4v) is 4.11. The van der Waals surface area contributed by atoms with Crippen LogP contribution in [0.3, 0.4) is 0 Å². The number of carbonyl (C=O) groups is 1. The van der Waals surface area contributed by atoms with E-state index in [0.717, 1.165) is 29.8 Å². The largest absolute Gasteiger partial charge is 0.311 e. The second kappa shape index (κ2) is 9.65. The molecule has 1 fully saturated rings. The molecular formula is C22H28ClFN4O. The van der Waals surface area contributed by atoms with Crippen molar-refractivity contribution in [3.63, 3.8) is 0 Å². The van der Waals surface area contributed by atoms with Crippen molar-refractivity contribution in [2.75, 3.05) is 37.8 Å². The number of amides is 1. The summed E-state index contributed by atoms with van der Waals surface area (Å²) in [4.78, 5) is 21.5. The van der Waals surface area contributed by atoms with Gasteiger partial charge in [0.25, 0.3) is 0 Å². The lowest BCUT2D eigenvalue weighted by atomic mass is 10.1. The summed E-state index contributed by atoms with van der Waals surface area (Å²) < 4.78 is 13.4. The summed E-state index contributed by atoms with van der Waals surface area (Å²) in [5.41, 5.74) is 4.24. The number of nitrogens with one attached hydrogen (secondary N) is 1. The number of piperazine rings is 1. The number of halogens is 2. The van der Waals surface area contributed by atoms with Crippen LogP contribution in [-0.2, 0) is 17.6 Å². The maximum Gasteiger partial charge on any atom is 0.241 e. The Morgan fingerprint density at radius 1 is 1.31 bits per heavy atom. The summed E-state index contributed by atoms with van der Waals surface area (Å²) in [7, 11) is 0. The van der Waals surface area contributed by atoms with E-state index >= 15 is 0 Å². The standard InChI is InChI=1S/C22H27FN4O.ClH/c1-16-14-26(20(11-23)13-24-16)15-22(28)27-8-7-18-12-25-19(10-21(18)27)9-17-5-3-2-4-6-17;/h2-6,10,12,16,20,24H,7-9,11,13-15H2,1H3;1H/t16-,20+;/m1./s1. The van der Waals surface area contributed by atoms with E-state index in [1.165, 1.54) is 5.56 Å². The van der Waals surface area contributed by atoms with Crippen LogP contribution in [0, 0.1) is 0 Å². The molecular weight excluding hydrogens is 391 g/mol. The zero-order chi connectivity index (χ0) is 19.5. The highest BCUT2D eigenvalue weighted by molar-refractivity contribution is 5.96. The highest BCUT2D eigenvalue weighted by Crippen LogP contribution is 2.29. The highest BCUT2D eigenvalue weighted by Gasteiger charge is 2.31. The van der Waals surface area contributed by atoms with E-state index < -0.39 is 6.67 Å². The molecule has 1 saturated heterocycles. The molecule has 29 heavy (non-hydrogen) atoms. The molecule has 5 nitrogen and oxygen atoms in total. The quantitative estimate of drug-likeness (QED) is 0.810. The molecule has 0 unspecified atom stereocenters. The van der Waals surface area contributed by atoms with Crippen molar-refractivity contribution < 1.29 is 9.18 Å². The molecule has 0 aliphatic carbocycles. The second-order valence-corrected chi connectivity index (χ2v) is 7.81. The van der Waals surface area contributed by atoms with Gasteiger partial charge in [0.15, 0.2) is 0 Å². The molecule has 0 saturated carbocycles. The number of nitrogens with zero attached hydrogens (tertiary/aromatic N) is 3. The molecule has 156 valence electrons. The van der Waals surface area contributed by atoms with Gasteiger partial charge in [0, 0.05) is 44.0 Å². The van der Waals surface area contributed by atoms with Crippen LogP contribution in [0.5, 0.6) is 0 Å². The van der Waals surface area contributed by atoms with Gasteiger partial charge >= 0.3 is 0 Å². The summed E-state index contributed by atoms with van der Waals surface area (Å²) in [6.07, 6.45) is 3.47. The Labute approximate surface area is 177 Å². The average molecular weight is 419 g/mol. The van der Waals surface area contributed by atoms with Gasteiger partial charge in [-0.25, -0.2) is 4.39 Å². The first-order valence-corrected chi connectivity index (χ1v) is 9.99. The monoisotopic (exact) mass is 418 g/mol. The predicted octanol–water partition coefficient (Wildman–Crippen LogP) is 2.62. The van der Waals surface area contributed by atoms with E-state index in [4.69, 9.17) is 0 Å². The van der Waals surface area contributed by atoms with Crippen LogP contribution in [0.2, 0.25) is 0 Å². The zero-order valence-corrected chi connectivity index (χ0v) is 17.5. The van der Waals surface area contributed by atoms with Crippen LogP contribution in [-0.4, -0.2) is 60.7 Å². The van der Waals surface area contributed by atoms with Gasteiger partial charge in [-0.3, -0.25) is 14.7 Å². The van der Waals surface area contributed by atoms with Crippen LogP contribution < -0.4 is 10.2 Å². The Hall–Kier alpha value is -2.02. The summed E-state index contributed by atoms with van der Waals surface area (Å²) >= 11 is 0. The summed E-state index contributed by atoms with van der Waals surface area (Å²) in [6.45, 7) is 3.85. The van der Waals surface area contributed by atoms with E-state index in [-0.39, 0.29) is 36.9 Å². The Balaban J connectivity index is 0.00000240. The molecule has 4 rings (SSSR count). The molecule has 0 radical (unpaired) electrons. The van der Waals surface area contributed by atoms with Crippen molar-refractivity contribution in [2.24, 2.45) is 0 Å². The van der Waals surface area contributed by atoms with E-state index in [9.17, 15) is 9.18 Å². The number of benzene rings is 1. The fourth-order valence-electron chi connectivity index (χ4n) is 4.11. The normalized spacial score (nSPS) is 21.5. The number of hydrogen-bond acceptors (Lipinski definition) is 4. The van der Waals surface area contributed by atoms with Gasteiger partial charge in [0.2, 0.25) is 5.91 Å². The van der Waals surface area contributed by atoms with Crippen molar-refractivity contribution in [3.05, 3.63) is 59.4 Å². The molecule has 2 aromatic rings. The van der Waals surface area contributed by atoms with E-state index in [1.807, 2.05) is 40.3 Å². The van der Waals surface area contributed by atoms with Gasteiger partial charge < -0.3 is 10.2 Å². The third-order valence-corrected chi connectivity index (χ3v) is 5.69. The lowest BCUT2D eigenvalue weighted by Gasteiger charge is -2.38. The van der Waals surface area contributed by atoms with E-state index in [1.54, 1.807) is 0 Å². The van der Waals surface area contributed by atoms with Crippen molar-refractivity contribution in [1.29, 1.82) is 0 Å². The number of aromatic nitrogens is 1. The Morgan fingerprint density at radius 3 is 2.86 bits per heavy atom. The van der Waals surface area contributed by atoms with Crippen LogP contribution in [0.1, 0.15) is 23.7 Å². The lowest BCUT2D eigenvalue weighted by molar-refractivity contribution is -0.120. The van der Waals surface area contributed by atoms with Gasteiger partial charge in [0.05, 0.1) is 18.3 Å². The van der Waals surface area contributed by atoms with Crippen molar-refractivity contribution in [2.45, 2.75) is 31.8 Å². The van der Waals surface area contributed by atoms with Gasteiger partial charge in [-0.1, -0.05) is 30.3 Å². The molecule has 1 aromatic heterocycles. The average Bonchev–Trinajstić information content (AvgIpc) is 3.12. The van der Waals surface area contributed by atoms with E-state index in [2.05, 4.69) is 29.4 Å². The Morgan fingerprint density at radius 2 is 2.10 bits per heavy atom. The van der Waals surface area contributed by atoms with Crippen molar-refractivity contribution in [1.82, 2.24) is 15.2 Å². The third-order valence-electron chi connectivity index (χ3n) is 5.69. The number of rotatable bonds is 5. The molecule has 2 aliphatic heterocycles. The van der Waals surface area contributed by atoms with Gasteiger partial charge in [-0.2, -0.15) is 0 Å². The van der Waals surface area contributed by atoms with Crippen LogP contribution in [0.15, 0.2) is 42.6 Å². The molecule has 3 heterocycles. The number of carbonyl (C=O) groups excluding carboxylic acids is 1. The van der Waals surface area contributed by atoms with E-state index in [0.29, 0.717) is 19.6 Å². The van der Waals surface area contributed by atoms with Crippen molar-refractivity contribution >= 4 is 24.0 Å². The maximum absolute atomic E-state index is 13.4. The molecule has 0 spiro atoms. The lowest BCUT2D eigenvalue weighted by Crippen LogP contribution is -2.58. The molecule has 1 aromatic carbocycles. The minimum atomic E-state index is -0.436. The van der Waals surface area contributed by atoms with Crippen LogP contribution >= 0.6 is 12.4 Å². The number of pyridine rings is 1. The zero-order valence-electron chi connectivity index (χ0n) is 16.7. The number of anilines is 1. The number of fused-ring (bicyclic) bond motifs is 1. The minimum absolute atomic E-state index is 0. The smallest absolute Gasteiger partial charge is 0.241 e. The summed E-state index contributed by atoms with van der Waals surface area (Å²) in [5, 5.41) is 3.29. The molecule has 1 N–H and O–H groups in total. The Kier molecular flexibility index (Phi) is 7.22. The SMILES string of the molecule is C[C@@H]1CN(CC(=O)N2CCc3cnc(Cc4ccccc4)cc32)[C@@H](CF)CN1.Cl. The number of hydrogen-bond donors (Lipinski definition) is 1.